The molecule has 0 fully saturated rings. The number of hydrogen-bond donors (Lipinski definition) is 1. The molecule has 3 heteroatoms. The third-order valence-corrected chi connectivity index (χ3v) is 1.58. The summed E-state index contributed by atoms with van der Waals surface area (Å²) in [4.78, 5) is 5.35. The Labute approximate surface area is 79.0 Å². The van der Waals surface area contributed by atoms with Crippen LogP contribution in [0, 0.1) is 6.92 Å². The minimum Gasteiger partial charge on any atom is -0.468 e. The maximum absolute atomic E-state index is 5.35. The zero-order valence-electron chi connectivity index (χ0n) is 8.68. The fourth-order valence-electron chi connectivity index (χ4n) is 0.903. The normalized spacial score (nSPS) is 12.0. The Bertz CT molecular complexity index is 260. The molecule has 0 aliphatic heterocycles. The number of furan rings is 1. The van der Waals surface area contributed by atoms with Gasteiger partial charge in [0, 0.05) is 0 Å². The molecule has 0 saturated carbocycles. The quantitative estimate of drug-likeness (QED) is 0.731. The summed E-state index contributed by atoms with van der Waals surface area (Å²) in [5.41, 5.74) is 3.85. The number of nitrogens with one attached hydrogen (secondary N) is 1. The summed E-state index contributed by atoms with van der Waals surface area (Å²) in [6, 6.07) is 1.94. The van der Waals surface area contributed by atoms with E-state index in [0.29, 0.717) is 6.54 Å². The molecule has 0 spiro atoms. The van der Waals surface area contributed by atoms with Gasteiger partial charge in [0.1, 0.15) is 5.76 Å². The number of hydrogen-bond acceptors (Lipinski definition) is 3. The molecule has 3 nitrogen and oxygen atoms in total. The van der Waals surface area contributed by atoms with Crippen LogP contribution in [0.5, 0.6) is 0 Å². The molecule has 0 aliphatic rings. The smallest absolute Gasteiger partial charge is 0.122 e. The maximum atomic E-state index is 5.35. The van der Waals surface area contributed by atoms with E-state index in [1.165, 1.54) is 0 Å². The van der Waals surface area contributed by atoms with Crippen molar-refractivity contribution in [2.45, 2.75) is 39.8 Å². The summed E-state index contributed by atoms with van der Waals surface area (Å²) < 4.78 is 5.24. The Hall–Kier alpha value is -0.800. The molecule has 1 rings (SSSR count). The van der Waals surface area contributed by atoms with Crippen molar-refractivity contribution in [2.24, 2.45) is 0 Å². The topological polar surface area (TPSA) is 34.4 Å². The molecule has 1 heterocycles. The summed E-state index contributed by atoms with van der Waals surface area (Å²) in [5, 5.41) is 0. The van der Waals surface area contributed by atoms with Crippen LogP contribution < -0.4 is 5.48 Å². The highest BCUT2D eigenvalue weighted by atomic mass is 16.7. The van der Waals surface area contributed by atoms with Gasteiger partial charge in [-0.05, 0) is 39.3 Å². The lowest BCUT2D eigenvalue weighted by Crippen LogP contribution is -2.28. The van der Waals surface area contributed by atoms with Crippen LogP contribution in [0.2, 0.25) is 0 Å². The zero-order chi connectivity index (χ0) is 9.90. The van der Waals surface area contributed by atoms with Gasteiger partial charge in [-0.1, -0.05) is 0 Å². The van der Waals surface area contributed by atoms with Gasteiger partial charge in [0.25, 0.3) is 0 Å². The third kappa shape index (κ3) is 3.61. The standard InChI is InChI=1S/C10H17NO2/c1-8-5-6-12-9(8)7-11-13-10(2,3)4/h5-6,11H,7H2,1-4H3. The van der Waals surface area contributed by atoms with Crippen molar-refractivity contribution in [1.82, 2.24) is 5.48 Å². The molecule has 0 aromatic carbocycles. The lowest BCUT2D eigenvalue weighted by Gasteiger charge is -2.18. The van der Waals surface area contributed by atoms with Gasteiger partial charge >= 0.3 is 0 Å². The van der Waals surface area contributed by atoms with Gasteiger partial charge < -0.3 is 4.42 Å². The van der Waals surface area contributed by atoms with Crippen LogP contribution in [0.3, 0.4) is 0 Å². The van der Waals surface area contributed by atoms with Gasteiger partial charge in [-0.25, -0.2) is 0 Å². The first-order chi connectivity index (χ1) is 5.99. The highest BCUT2D eigenvalue weighted by Gasteiger charge is 2.10. The molecule has 0 amide bonds. The van der Waals surface area contributed by atoms with E-state index in [9.17, 15) is 0 Å². The van der Waals surface area contributed by atoms with E-state index in [1.807, 2.05) is 33.8 Å². The van der Waals surface area contributed by atoms with Crippen LogP contribution in [0.15, 0.2) is 16.7 Å². The Morgan fingerprint density at radius 3 is 2.62 bits per heavy atom. The Morgan fingerprint density at radius 2 is 2.15 bits per heavy atom. The molecule has 13 heavy (non-hydrogen) atoms. The zero-order valence-corrected chi connectivity index (χ0v) is 8.68. The average molecular weight is 183 g/mol. The van der Waals surface area contributed by atoms with Crippen molar-refractivity contribution >= 4 is 0 Å². The lowest BCUT2D eigenvalue weighted by atomic mass is 10.2. The highest BCUT2D eigenvalue weighted by molar-refractivity contribution is 5.13. The molecule has 1 aromatic rings. The van der Waals surface area contributed by atoms with Crippen LogP contribution in [0.1, 0.15) is 32.1 Å². The van der Waals surface area contributed by atoms with E-state index in [1.54, 1.807) is 6.26 Å². The molecular weight excluding hydrogens is 166 g/mol. The highest BCUT2D eigenvalue weighted by Crippen LogP contribution is 2.09. The first kappa shape index (κ1) is 10.3. The second kappa shape index (κ2) is 3.94. The number of rotatable bonds is 3. The van der Waals surface area contributed by atoms with Gasteiger partial charge in [0.05, 0.1) is 18.4 Å². The van der Waals surface area contributed by atoms with E-state index in [4.69, 9.17) is 9.25 Å². The monoisotopic (exact) mass is 183 g/mol. The second-order valence-corrected chi connectivity index (χ2v) is 4.06. The maximum Gasteiger partial charge on any atom is 0.122 e. The van der Waals surface area contributed by atoms with Gasteiger partial charge in [-0.15, -0.1) is 0 Å². The van der Waals surface area contributed by atoms with E-state index in [2.05, 4.69) is 5.48 Å². The molecule has 0 aliphatic carbocycles. The molecule has 0 atom stereocenters. The van der Waals surface area contributed by atoms with E-state index in [-0.39, 0.29) is 5.60 Å². The molecule has 74 valence electrons. The average Bonchev–Trinajstić information content (AvgIpc) is 2.34. The van der Waals surface area contributed by atoms with Crippen molar-refractivity contribution in [2.75, 3.05) is 0 Å². The van der Waals surface area contributed by atoms with Crippen LogP contribution >= 0.6 is 0 Å². The van der Waals surface area contributed by atoms with Crippen molar-refractivity contribution in [3.05, 3.63) is 23.7 Å². The van der Waals surface area contributed by atoms with Crippen molar-refractivity contribution in [1.29, 1.82) is 0 Å². The van der Waals surface area contributed by atoms with E-state index >= 15 is 0 Å². The Morgan fingerprint density at radius 1 is 1.46 bits per heavy atom. The molecule has 0 radical (unpaired) electrons. The summed E-state index contributed by atoms with van der Waals surface area (Å²) in [6.45, 7) is 8.60. The van der Waals surface area contributed by atoms with Crippen LogP contribution in [0.4, 0.5) is 0 Å². The lowest BCUT2D eigenvalue weighted by molar-refractivity contribution is -0.0776. The minimum absolute atomic E-state index is 0.166. The summed E-state index contributed by atoms with van der Waals surface area (Å²) in [5.74, 6) is 0.921. The minimum atomic E-state index is -0.166. The Kier molecular flexibility index (Phi) is 3.12. The third-order valence-electron chi connectivity index (χ3n) is 1.58. The van der Waals surface area contributed by atoms with Gasteiger partial charge in [0.15, 0.2) is 0 Å². The number of hydroxylamine groups is 1. The van der Waals surface area contributed by atoms with Crippen LogP contribution in [0.25, 0.3) is 0 Å². The van der Waals surface area contributed by atoms with Crippen molar-refractivity contribution in [3.63, 3.8) is 0 Å². The van der Waals surface area contributed by atoms with Gasteiger partial charge in [-0.3, -0.25) is 4.84 Å². The van der Waals surface area contributed by atoms with Gasteiger partial charge in [-0.2, -0.15) is 5.48 Å². The number of aryl methyl sites for hydroxylation is 1. The SMILES string of the molecule is Cc1ccoc1CNOC(C)(C)C. The predicted molar refractivity (Wildman–Crippen MR) is 51.1 cm³/mol. The summed E-state index contributed by atoms with van der Waals surface area (Å²) in [7, 11) is 0. The fraction of sp³-hybridized carbons (Fsp3) is 0.600. The first-order valence-corrected chi connectivity index (χ1v) is 4.43. The van der Waals surface area contributed by atoms with E-state index in [0.717, 1.165) is 11.3 Å². The molecule has 0 saturated heterocycles. The van der Waals surface area contributed by atoms with Crippen LogP contribution in [-0.4, -0.2) is 5.60 Å². The second-order valence-electron chi connectivity index (χ2n) is 4.06. The fourth-order valence-corrected chi connectivity index (χ4v) is 0.903. The largest absolute Gasteiger partial charge is 0.468 e. The molecule has 1 N–H and O–H groups in total. The molecule has 0 bridgehead atoms. The van der Waals surface area contributed by atoms with Crippen LogP contribution in [-0.2, 0) is 11.4 Å². The molecular formula is C10H17NO2. The predicted octanol–water partition coefficient (Wildman–Crippen LogP) is 2.41. The summed E-state index contributed by atoms with van der Waals surface area (Å²) in [6.07, 6.45) is 1.68. The summed E-state index contributed by atoms with van der Waals surface area (Å²) >= 11 is 0. The molecule has 1 aromatic heterocycles. The van der Waals surface area contributed by atoms with Crippen molar-refractivity contribution < 1.29 is 9.25 Å². The first-order valence-electron chi connectivity index (χ1n) is 4.43. The Balaban J connectivity index is 2.32. The van der Waals surface area contributed by atoms with E-state index < -0.39 is 0 Å². The van der Waals surface area contributed by atoms with Crippen molar-refractivity contribution in [3.8, 4) is 0 Å². The van der Waals surface area contributed by atoms with Gasteiger partial charge in [0.2, 0.25) is 0 Å². The molecule has 0 unspecified atom stereocenters.